The Labute approximate surface area is 172 Å². The number of amides is 1. The molecule has 2 fully saturated rings. The molecular formula is C18H20N2O7S2. The summed E-state index contributed by atoms with van der Waals surface area (Å²) in [5, 5.41) is 4.32. The summed E-state index contributed by atoms with van der Waals surface area (Å²) >= 11 is 1.13. The molecule has 0 radical (unpaired) electrons. The predicted octanol–water partition coefficient (Wildman–Crippen LogP) is 1.82. The van der Waals surface area contributed by atoms with Crippen LogP contribution in [0.3, 0.4) is 0 Å². The number of benzene rings is 1. The molecule has 2 aliphatic heterocycles. The average Bonchev–Trinajstić information content (AvgIpc) is 3.43. The number of anilines is 1. The average molecular weight is 440 g/mol. The van der Waals surface area contributed by atoms with Gasteiger partial charge in [0.2, 0.25) is 10.0 Å². The molecule has 4 atom stereocenters. The lowest BCUT2D eigenvalue weighted by Gasteiger charge is -2.18. The second-order valence-electron chi connectivity index (χ2n) is 6.55. The first-order valence-electron chi connectivity index (χ1n) is 8.87. The van der Waals surface area contributed by atoms with E-state index in [1.807, 2.05) is 0 Å². The van der Waals surface area contributed by atoms with Gasteiger partial charge in [0.05, 0.1) is 26.4 Å². The van der Waals surface area contributed by atoms with Crippen LogP contribution in [0.2, 0.25) is 0 Å². The predicted molar refractivity (Wildman–Crippen MR) is 105 cm³/mol. The van der Waals surface area contributed by atoms with Gasteiger partial charge in [-0.25, -0.2) is 17.9 Å². The van der Waals surface area contributed by atoms with E-state index >= 15 is 0 Å². The molecule has 3 heterocycles. The highest BCUT2D eigenvalue weighted by Gasteiger charge is 2.50. The third-order valence-corrected chi connectivity index (χ3v) is 7.56. The molecule has 29 heavy (non-hydrogen) atoms. The monoisotopic (exact) mass is 440 g/mol. The fraction of sp³-hybridized carbons (Fsp3) is 0.389. The van der Waals surface area contributed by atoms with Crippen LogP contribution in [-0.2, 0) is 24.2 Å². The van der Waals surface area contributed by atoms with Crippen LogP contribution < -0.4 is 14.8 Å². The molecule has 4 rings (SSSR count). The molecule has 2 saturated heterocycles. The highest BCUT2D eigenvalue weighted by molar-refractivity contribution is 7.91. The highest BCUT2D eigenvalue weighted by atomic mass is 32.2. The number of hydrogen-bond donors (Lipinski definition) is 2. The minimum Gasteiger partial charge on any atom is -0.497 e. The van der Waals surface area contributed by atoms with Gasteiger partial charge in [-0.3, -0.25) is 5.32 Å². The SMILES string of the molecule is COc1ccc(NC(=O)O[C@H]2CO[C@@H]3[C@@H]2OC[C@@H]3NS(=O)(=O)c2cccs2)cc1. The third kappa shape index (κ3) is 4.38. The maximum atomic E-state index is 12.4. The molecule has 1 amide bonds. The first kappa shape index (κ1) is 20.1. The molecule has 1 aromatic heterocycles. The van der Waals surface area contributed by atoms with E-state index in [2.05, 4.69) is 10.0 Å². The zero-order valence-corrected chi connectivity index (χ0v) is 17.1. The number of fused-ring (bicyclic) bond motifs is 1. The smallest absolute Gasteiger partial charge is 0.412 e. The maximum absolute atomic E-state index is 12.4. The molecule has 1 aromatic carbocycles. The number of thiophene rings is 1. The van der Waals surface area contributed by atoms with Crippen molar-refractivity contribution in [1.29, 1.82) is 0 Å². The van der Waals surface area contributed by atoms with Gasteiger partial charge in [-0.2, -0.15) is 0 Å². The minimum atomic E-state index is -3.65. The summed E-state index contributed by atoms with van der Waals surface area (Å²) < 4.78 is 49.6. The van der Waals surface area contributed by atoms with Crippen molar-refractivity contribution in [2.45, 2.75) is 28.6 Å². The first-order valence-corrected chi connectivity index (χ1v) is 11.2. The van der Waals surface area contributed by atoms with Gasteiger partial charge in [-0.15, -0.1) is 11.3 Å². The zero-order chi connectivity index (χ0) is 20.4. The van der Waals surface area contributed by atoms with Gasteiger partial charge >= 0.3 is 6.09 Å². The van der Waals surface area contributed by atoms with Crippen LogP contribution in [0.4, 0.5) is 10.5 Å². The normalized spacial score (nSPS) is 26.1. The number of sulfonamides is 1. The van der Waals surface area contributed by atoms with Gasteiger partial charge in [0, 0.05) is 5.69 Å². The van der Waals surface area contributed by atoms with Gasteiger partial charge in [0.15, 0.2) is 6.10 Å². The topological polar surface area (TPSA) is 112 Å². The van der Waals surface area contributed by atoms with E-state index in [0.717, 1.165) is 11.3 Å². The van der Waals surface area contributed by atoms with Crippen molar-refractivity contribution in [1.82, 2.24) is 4.72 Å². The number of rotatable bonds is 6. The van der Waals surface area contributed by atoms with Crippen molar-refractivity contribution in [3.05, 3.63) is 41.8 Å². The Morgan fingerprint density at radius 2 is 1.90 bits per heavy atom. The lowest BCUT2D eigenvalue weighted by Crippen LogP contribution is -2.44. The number of nitrogens with one attached hydrogen (secondary N) is 2. The molecule has 2 aromatic rings. The molecule has 0 spiro atoms. The van der Waals surface area contributed by atoms with Crippen molar-refractivity contribution < 1.29 is 32.2 Å². The van der Waals surface area contributed by atoms with Crippen molar-refractivity contribution >= 4 is 33.1 Å². The number of ether oxygens (including phenoxy) is 4. The van der Waals surface area contributed by atoms with Crippen molar-refractivity contribution in [3.63, 3.8) is 0 Å². The molecule has 0 unspecified atom stereocenters. The van der Waals surface area contributed by atoms with E-state index in [4.69, 9.17) is 18.9 Å². The van der Waals surface area contributed by atoms with Crippen molar-refractivity contribution in [2.24, 2.45) is 0 Å². The van der Waals surface area contributed by atoms with E-state index < -0.39 is 40.5 Å². The molecule has 0 bridgehead atoms. The maximum Gasteiger partial charge on any atom is 0.412 e. The molecular weight excluding hydrogens is 420 g/mol. The molecule has 156 valence electrons. The van der Waals surface area contributed by atoms with Crippen LogP contribution in [0.25, 0.3) is 0 Å². The first-order chi connectivity index (χ1) is 14.0. The van der Waals surface area contributed by atoms with Crippen LogP contribution in [0.15, 0.2) is 46.0 Å². The fourth-order valence-corrected chi connectivity index (χ4v) is 5.54. The molecule has 2 aliphatic rings. The van der Waals surface area contributed by atoms with Crippen LogP contribution in [0.5, 0.6) is 5.75 Å². The Balaban J connectivity index is 1.33. The lowest BCUT2D eigenvalue weighted by molar-refractivity contribution is 0.00883. The summed E-state index contributed by atoms with van der Waals surface area (Å²) in [5.74, 6) is 0.673. The number of methoxy groups -OCH3 is 1. The number of carbonyl (C=O) groups excluding carboxylic acids is 1. The number of carbonyl (C=O) groups is 1. The molecule has 11 heteroatoms. The van der Waals surface area contributed by atoms with E-state index in [0.29, 0.717) is 11.4 Å². The molecule has 0 saturated carbocycles. The largest absolute Gasteiger partial charge is 0.497 e. The van der Waals surface area contributed by atoms with E-state index in [9.17, 15) is 13.2 Å². The van der Waals surface area contributed by atoms with Crippen molar-refractivity contribution in [2.75, 3.05) is 25.6 Å². The molecule has 0 aliphatic carbocycles. The summed E-state index contributed by atoms with van der Waals surface area (Å²) in [5.41, 5.74) is 0.556. The zero-order valence-electron chi connectivity index (χ0n) is 15.4. The second kappa shape index (κ2) is 8.28. The minimum absolute atomic E-state index is 0.128. The van der Waals surface area contributed by atoms with Crippen LogP contribution >= 0.6 is 11.3 Å². The summed E-state index contributed by atoms with van der Waals surface area (Å²) in [6.07, 6.45) is -2.33. The summed E-state index contributed by atoms with van der Waals surface area (Å²) in [6.45, 7) is 0.266. The van der Waals surface area contributed by atoms with Crippen LogP contribution in [-0.4, -0.2) is 59.2 Å². The summed E-state index contributed by atoms with van der Waals surface area (Å²) in [7, 11) is -2.09. The van der Waals surface area contributed by atoms with Crippen LogP contribution in [0, 0.1) is 0 Å². The summed E-state index contributed by atoms with van der Waals surface area (Å²) in [6, 6.07) is 9.47. The van der Waals surface area contributed by atoms with E-state index in [1.165, 1.54) is 6.07 Å². The highest BCUT2D eigenvalue weighted by Crippen LogP contribution is 2.30. The van der Waals surface area contributed by atoms with Gasteiger partial charge < -0.3 is 18.9 Å². The second-order valence-corrected chi connectivity index (χ2v) is 9.44. The van der Waals surface area contributed by atoms with Gasteiger partial charge in [-0.1, -0.05) is 6.07 Å². The third-order valence-electron chi connectivity index (χ3n) is 4.67. The number of hydrogen-bond acceptors (Lipinski definition) is 8. The van der Waals surface area contributed by atoms with Crippen LogP contribution in [0.1, 0.15) is 0 Å². The quantitative estimate of drug-likeness (QED) is 0.705. The molecule has 2 N–H and O–H groups in total. The van der Waals surface area contributed by atoms with Gasteiger partial charge in [0.1, 0.15) is 22.2 Å². The Morgan fingerprint density at radius 3 is 2.59 bits per heavy atom. The van der Waals surface area contributed by atoms with E-state index in [-0.39, 0.29) is 17.4 Å². The Bertz CT molecular complexity index is 947. The Kier molecular flexibility index (Phi) is 5.74. The molecule has 9 nitrogen and oxygen atoms in total. The Morgan fingerprint density at radius 1 is 1.14 bits per heavy atom. The summed E-state index contributed by atoms with van der Waals surface area (Å²) in [4.78, 5) is 12.2. The Hall–Kier alpha value is -2.18. The fourth-order valence-electron chi connectivity index (χ4n) is 3.30. The van der Waals surface area contributed by atoms with E-state index in [1.54, 1.807) is 42.8 Å². The van der Waals surface area contributed by atoms with Gasteiger partial charge in [-0.05, 0) is 35.7 Å². The standard InChI is InChI=1S/C18H20N2O7S2/c1-24-12-6-4-11(5-7-12)19-18(21)27-14-10-26-16-13(9-25-17(14)16)20-29(22,23)15-3-2-8-28-15/h2-8,13-14,16-17,20H,9-10H2,1H3,(H,19,21)/t13-,14-,16-,17+/m0/s1. The van der Waals surface area contributed by atoms with Gasteiger partial charge in [0.25, 0.3) is 0 Å². The lowest BCUT2D eigenvalue weighted by atomic mass is 10.1. The van der Waals surface area contributed by atoms with Crippen molar-refractivity contribution in [3.8, 4) is 5.75 Å².